The summed E-state index contributed by atoms with van der Waals surface area (Å²) in [6.45, 7) is 3.03. The average Bonchev–Trinajstić information content (AvgIpc) is 2.40. The van der Waals surface area contributed by atoms with Gasteiger partial charge in [-0.2, -0.15) is 0 Å². The van der Waals surface area contributed by atoms with Crippen LogP contribution in [0, 0.1) is 5.92 Å². The molecule has 0 spiro atoms. The molecular weight excluding hydrogens is 210 g/mol. The molecule has 0 radical (unpaired) electrons. The summed E-state index contributed by atoms with van der Waals surface area (Å²) in [5.74, 6) is 0.646. The van der Waals surface area contributed by atoms with Crippen molar-refractivity contribution in [3.05, 3.63) is 30.1 Å². The summed E-state index contributed by atoms with van der Waals surface area (Å²) in [5.41, 5.74) is 7.16. The maximum Gasteiger partial charge on any atom is 0.0295 e. The van der Waals surface area contributed by atoms with Gasteiger partial charge in [-0.3, -0.25) is 4.98 Å². The lowest BCUT2D eigenvalue weighted by molar-refractivity contribution is 0.252. The highest BCUT2D eigenvalue weighted by molar-refractivity contribution is 5.14. The Kier molecular flexibility index (Phi) is 4.51. The SMILES string of the molecule is CC(NC1CCCCC1CN)c1ccncc1. The summed E-state index contributed by atoms with van der Waals surface area (Å²) in [5, 5.41) is 3.73. The van der Waals surface area contributed by atoms with Crippen LogP contribution in [0.5, 0.6) is 0 Å². The Morgan fingerprint density at radius 2 is 2.06 bits per heavy atom. The predicted octanol–water partition coefficient (Wildman–Crippen LogP) is 2.25. The van der Waals surface area contributed by atoms with E-state index in [2.05, 4.69) is 29.4 Å². The topological polar surface area (TPSA) is 50.9 Å². The molecule has 1 fully saturated rings. The van der Waals surface area contributed by atoms with Gasteiger partial charge in [0, 0.05) is 24.5 Å². The van der Waals surface area contributed by atoms with Gasteiger partial charge in [0.15, 0.2) is 0 Å². The molecular formula is C14H23N3. The van der Waals surface area contributed by atoms with Crippen molar-refractivity contribution in [3.63, 3.8) is 0 Å². The predicted molar refractivity (Wildman–Crippen MR) is 70.6 cm³/mol. The summed E-state index contributed by atoms with van der Waals surface area (Å²) in [7, 11) is 0. The normalized spacial score (nSPS) is 26.7. The molecule has 94 valence electrons. The van der Waals surface area contributed by atoms with Crippen molar-refractivity contribution in [1.82, 2.24) is 10.3 Å². The summed E-state index contributed by atoms with van der Waals surface area (Å²) >= 11 is 0. The summed E-state index contributed by atoms with van der Waals surface area (Å²) in [6, 6.07) is 5.13. The smallest absolute Gasteiger partial charge is 0.0295 e. The van der Waals surface area contributed by atoms with Gasteiger partial charge >= 0.3 is 0 Å². The summed E-state index contributed by atoms with van der Waals surface area (Å²) in [4.78, 5) is 4.06. The first-order chi connectivity index (χ1) is 8.31. The van der Waals surface area contributed by atoms with Crippen LogP contribution in [0.25, 0.3) is 0 Å². The molecule has 1 aromatic rings. The van der Waals surface area contributed by atoms with Crippen molar-refractivity contribution in [2.75, 3.05) is 6.54 Å². The van der Waals surface area contributed by atoms with Gasteiger partial charge in [-0.15, -0.1) is 0 Å². The number of pyridine rings is 1. The van der Waals surface area contributed by atoms with Gasteiger partial charge in [-0.1, -0.05) is 12.8 Å². The number of aromatic nitrogens is 1. The summed E-state index contributed by atoms with van der Waals surface area (Å²) < 4.78 is 0. The fourth-order valence-corrected chi connectivity index (χ4v) is 2.78. The molecule has 2 rings (SSSR count). The highest BCUT2D eigenvalue weighted by Crippen LogP contribution is 2.25. The number of nitrogens with one attached hydrogen (secondary N) is 1. The van der Waals surface area contributed by atoms with Gasteiger partial charge < -0.3 is 11.1 Å². The minimum Gasteiger partial charge on any atom is -0.330 e. The van der Waals surface area contributed by atoms with E-state index in [1.165, 1.54) is 31.2 Å². The van der Waals surface area contributed by atoms with E-state index in [4.69, 9.17) is 5.73 Å². The number of hydrogen-bond acceptors (Lipinski definition) is 3. The largest absolute Gasteiger partial charge is 0.330 e. The number of nitrogens with two attached hydrogens (primary N) is 1. The summed E-state index contributed by atoms with van der Waals surface area (Å²) in [6.07, 6.45) is 8.92. The fraction of sp³-hybridized carbons (Fsp3) is 0.643. The lowest BCUT2D eigenvalue weighted by atomic mass is 9.84. The Bertz CT molecular complexity index is 325. The lowest BCUT2D eigenvalue weighted by Crippen LogP contribution is -2.42. The maximum atomic E-state index is 5.86. The second-order valence-corrected chi connectivity index (χ2v) is 5.06. The van der Waals surface area contributed by atoms with Gasteiger partial charge in [0.05, 0.1) is 0 Å². The molecule has 17 heavy (non-hydrogen) atoms. The Morgan fingerprint density at radius 1 is 1.35 bits per heavy atom. The quantitative estimate of drug-likeness (QED) is 0.838. The molecule has 1 aromatic heterocycles. The van der Waals surface area contributed by atoms with Crippen molar-refractivity contribution in [1.29, 1.82) is 0 Å². The van der Waals surface area contributed by atoms with Gasteiger partial charge in [-0.05, 0) is 49.9 Å². The zero-order valence-corrected chi connectivity index (χ0v) is 10.6. The van der Waals surface area contributed by atoms with Crippen LogP contribution in [-0.2, 0) is 0 Å². The Balaban J connectivity index is 1.95. The van der Waals surface area contributed by atoms with E-state index < -0.39 is 0 Å². The van der Waals surface area contributed by atoms with Crippen LogP contribution in [0.4, 0.5) is 0 Å². The molecule has 0 aliphatic heterocycles. The van der Waals surface area contributed by atoms with Crippen LogP contribution < -0.4 is 11.1 Å². The lowest BCUT2D eigenvalue weighted by Gasteiger charge is -2.33. The first-order valence-corrected chi connectivity index (χ1v) is 6.67. The Labute approximate surface area is 104 Å². The third-order valence-electron chi connectivity index (χ3n) is 3.88. The van der Waals surface area contributed by atoms with Gasteiger partial charge in [0.2, 0.25) is 0 Å². The monoisotopic (exact) mass is 233 g/mol. The van der Waals surface area contributed by atoms with Crippen LogP contribution in [0.2, 0.25) is 0 Å². The van der Waals surface area contributed by atoms with Crippen molar-refractivity contribution in [2.24, 2.45) is 11.7 Å². The average molecular weight is 233 g/mol. The molecule has 1 aliphatic rings. The van der Waals surface area contributed by atoms with Crippen molar-refractivity contribution >= 4 is 0 Å². The first-order valence-electron chi connectivity index (χ1n) is 6.67. The fourth-order valence-electron chi connectivity index (χ4n) is 2.78. The minimum atomic E-state index is 0.384. The number of rotatable bonds is 4. The van der Waals surface area contributed by atoms with E-state index >= 15 is 0 Å². The van der Waals surface area contributed by atoms with E-state index in [1.807, 2.05) is 12.4 Å². The van der Waals surface area contributed by atoms with Crippen molar-refractivity contribution in [3.8, 4) is 0 Å². The second-order valence-electron chi connectivity index (χ2n) is 5.06. The van der Waals surface area contributed by atoms with Crippen LogP contribution in [0.3, 0.4) is 0 Å². The van der Waals surface area contributed by atoms with Gasteiger partial charge in [-0.25, -0.2) is 0 Å². The van der Waals surface area contributed by atoms with E-state index in [1.54, 1.807) is 0 Å². The van der Waals surface area contributed by atoms with Crippen LogP contribution in [0.1, 0.15) is 44.2 Å². The molecule has 1 heterocycles. The van der Waals surface area contributed by atoms with Crippen molar-refractivity contribution < 1.29 is 0 Å². The Morgan fingerprint density at radius 3 is 2.76 bits per heavy atom. The molecule has 3 atom stereocenters. The first kappa shape index (κ1) is 12.5. The van der Waals surface area contributed by atoms with E-state index in [0.717, 1.165) is 6.54 Å². The molecule has 1 aliphatic carbocycles. The standard InChI is InChI=1S/C14H23N3/c1-11(12-6-8-16-9-7-12)17-14-5-3-2-4-13(14)10-15/h6-9,11,13-14,17H,2-5,10,15H2,1H3. The molecule has 3 unspecified atom stereocenters. The van der Waals surface area contributed by atoms with E-state index in [0.29, 0.717) is 18.0 Å². The highest BCUT2D eigenvalue weighted by atomic mass is 15.0. The zero-order chi connectivity index (χ0) is 12.1. The maximum absolute atomic E-state index is 5.86. The molecule has 0 amide bonds. The van der Waals surface area contributed by atoms with E-state index in [-0.39, 0.29) is 0 Å². The van der Waals surface area contributed by atoms with Crippen LogP contribution >= 0.6 is 0 Å². The van der Waals surface area contributed by atoms with Gasteiger partial charge in [0.25, 0.3) is 0 Å². The molecule has 1 saturated carbocycles. The van der Waals surface area contributed by atoms with Crippen LogP contribution in [-0.4, -0.2) is 17.6 Å². The molecule has 3 N–H and O–H groups in total. The third kappa shape index (κ3) is 3.27. The molecule has 3 heteroatoms. The van der Waals surface area contributed by atoms with Crippen molar-refractivity contribution in [2.45, 2.75) is 44.7 Å². The van der Waals surface area contributed by atoms with Crippen LogP contribution in [0.15, 0.2) is 24.5 Å². The molecule has 3 nitrogen and oxygen atoms in total. The van der Waals surface area contributed by atoms with E-state index in [9.17, 15) is 0 Å². The molecule has 0 bridgehead atoms. The highest BCUT2D eigenvalue weighted by Gasteiger charge is 2.25. The molecule has 0 aromatic carbocycles. The zero-order valence-electron chi connectivity index (χ0n) is 10.6. The minimum absolute atomic E-state index is 0.384. The third-order valence-corrected chi connectivity index (χ3v) is 3.88. The number of nitrogens with zero attached hydrogens (tertiary/aromatic N) is 1. The van der Waals surface area contributed by atoms with Gasteiger partial charge in [0.1, 0.15) is 0 Å². The number of hydrogen-bond donors (Lipinski definition) is 2. The Hall–Kier alpha value is -0.930. The molecule has 0 saturated heterocycles. The second kappa shape index (κ2) is 6.12.